The van der Waals surface area contributed by atoms with Crippen LogP contribution < -0.4 is 5.32 Å². The van der Waals surface area contributed by atoms with Crippen LogP contribution in [0.5, 0.6) is 0 Å². The van der Waals surface area contributed by atoms with Crippen LogP contribution in [0.4, 0.5) is 0 Å². The van der Waals surface area contributed by atoms with Gasteiger partial charge in [0, 0.05) is 24.5 Å². The van der Waals surface area contributed by atoms with Crippen molar-refractivity contribution in [2.45, 2.75) is 45.1 Å². The van der Waals surface area contributed by atoms with Gasteiger partial charge in [-0.25, -0.2) is 13.2 Å². The predicted molar refractivity (Wildman–Crippen MR) is 148 cm³/mol. The number of halogens is 2. The molecule has 198 valence electrons. The summed E-state index contributed by atoms with van der Waals surface area (Å²) in [5.74, 6) is -1.43. The van der Waals surface area contributed by atoms with Gasteiger partial charge in [0.1, 0.15) is 6.61 Å². The van der Waals surface area contributed by atoms with Gasteiger partial charge >= 0.3 is 5.97 Å². The van der Waals surface area contributed by atoms with E-state index in [9.17, 15) is 13.2 Å². The lowest BCUT2D eigenvalue weighted by Gasteiger charge is -2.34. The Morgan fingerprint density at radius 2 is 1.84 bits per heavy atom. The molecule has 1 atom stereocenters. The van der Waals surface area contributed by atoms with Crippen molar-refractivity contribution in [2.75, 3.05) is 26.0 Å². The first-order valence-corrected chi connectivity index (χ1v) is 14.9. The highest BCUT2D eigenvalue weighted by atomic mass is 35.5. The largest absolute Gasteiger partial charge is 0.461 e. The Morgan fingerprint density at radius 1 is 1.08 bits per heavy atom. The number of allylic oxidation sites excluding steroid dienone is 3. The zero-order valence-electron chi connectivity index (χ0n) is 21.1. The van der Waals surface area contributed by atoms with E-state index < -0.39 is 21.7 Å². The van der Waals surface area contributed by atoms with Gasteiger partial charge < -0.3 is 10.1 Å². The average Bonchev–Trinajstić information content (AvgIpc) is 2.84. The van der Waals surface area contributed by atoms with Gasteiger partial charge in [-0.3, -0.25) is 4.90 Å². The number of esters is 1. The number of carbonyl (C=O) groups is 1. The Morgan fingerprint density at radius 3 is 2.59 bits per heavy atom. The number of benzene rings is 2. The molecule has 2 aromatic carbocycles. The summed E-state index contributed by atoms with van der Waals surface area (Å²) in [7, 11) is -1.70. The minimum atomic E-state index is -3.66. The Balaban J connectivity index is 1.63. The molecule has 0 saturated heterocycles. The number of likely N-dealkylation sites (N-methyl/N-ethyl adjacent to an activating group) is 1. The van der Waals surface area contributed by atoms with E-state index in [1.165, 1.54) is 0 Å². The van der Waals surface area contributed by atoms with E-state index in [4.69, 9.17) is 27.9 Å². The van der Waals surface area contributed by atoms with Crippen molar-refractivity contribution >= 4 is 39.0 Å². The molecular weight excluding hydrogens is 531 g/mol. The van der Waals surface area contributed by atoms with Crippen molar-refractivity contribution in [1.82, 2.24) is 10.2 Å². The fraction of sp³-hybridized carbons (Fsp3) is 0.393. The fourth-order valence-electron chi connectivity index (χ4n) is 4.97. The molecule has 2 heterocycles. The zero-order chi connectivity index (χ0) is 26.6. The van der Waals surface area contributed by atoms with Crippen molar-refractivity contribution in [3.63, 3.8) is 0 Å². The summed E-state index contributed by atoms with van der Waals surface area (Å²) in [6.07, 6.45) is 2.84. The van der Waals surface area contributed by atoms with Crippen molar-refractivity contribution in [3.8, 4) is 0 Å². The van der Waals surface area contributed by atoms with Crippen LogP contribution in [0.25, 0.3) is 0 Å². The molecule has 0 saturated carbocycles. The van der Waals surface area contributed by atoms with E-state index >= 15 is 0 Å². The Kier molecular flexibility index (Phi) is 9.01. The molecule has 0 aliphatic carbocycles. The van der Waals surface area contributed by atoms with Gasteiger partial charge in [0.05, 0.1) is 32.2 Å². The summed E-state index contributed by atoms with van der Waals surface area (Å²) in [6, 6.07) is 15.1. The predicted octanol–water partition coefficient (Wildman–Crippen LogP) is 5.83. The molecule has 0 radical (unpaired) electrons. The molecule has 0 amide bonds. The molecule has 0 spiro atoms. The summed E-state index contributed by atoms with van der Waals surface area (Å²) in [6.45, 7) is 3.18. The van der Waals surface area contributed by atoms with Crippen molar-refractivity contribution < 1.29 is 17.9 Å². The maximum atomic E-state index is 13.6. The molecule has 1 unspecified atom stereocenters. The van der Waals surface area contributed by atoms with Crippen LogP contribution in [0.2, 0.25) is 10.0 Å². The Bertz CT molecular complexity index is 1320. The first-order chi connectivity index (χ1) is 17.7. The van der Waals surface area contributed by atoms with Gasteiger partial charge in [0.2, 0.25) is 0 Å². The quantitative estimate of drug-likeness (QED) is 0.428. The number of sulfone groups is 1. The maximum Gasteiger partial charge on any atom is 0.336 e. The standard InChI is InChI=1S/C28H32Cl2N2O4S/c1-19-24(28(33)36-16-15-32(2)18-20-10-5-3-6-11-20)25(21-12-9-13-22(29)26(21)30)27-23(31-19)14-7-4-8-17-37(27,34)35/h3,5-6,9-13,25,31H,4,7-8,14-18H2,1-2H3. The average molecular weight is 564 g/mol. The fourth-order valence-corrected chi connectivity index (χ4v) is 7.32. The zero-order valence-corrected chi connectivity index (χ0v) is 23.4. The van der Waals surface area contributed by atoms with Gasteiger partial charge in [-0.1, -0.05) is 72.1 Å². The van der Waals surface area contributed by atoms with Crippen LogP contribution in [-0.4, -0.2) is 45.2 Å². The number of carbonyl (C=O) groups excluding carboxylic acids is 1. The monoisotopic (exact) mass is 562 g/mol. The first-order valence-electron chi connectivity index (χ1n) is 12.5. The number of rotatable bonds is 7. The minimum absolute atomic E-state index is 0.0217. The summed E-state index contributed by atoms with van der Waals surface area (Å²) < 4.78 is 32.8. The Hall–Kier alpha value is -2.32. The van der Waals surface area contributed by atoms with Crippen molar-refractivity contribution in [1.29, 1.82) is 0 Å². The van der Waals surface area contributed by atoms with Crippen LogP contribution in [-0.2, 0) is 25.9 Å². The molecule has 9 heteroatoms. The summed E-state index contributed by atoms with van der Waals surface area (Å²) in [5.41, 5.74) is 3.09. The molecule has 1 N–H and O–H groups in total. The smallest absolute Gasteiger partial charge is 0.336 e. The molecule has 0 bridgehead atoms. The van der Waals surface area contributed by atoms with E-state index in [0.717, 1.165) is 24.9 Å². The number of hydrogen-bond acceptors (Lipinski definition) is 6. The molecule has 37 heavy (non-hydrogen) atoms. The summed E-state index contributed by atoms with van der Waals surface area (Å²) in [5, 5.41) is 3.77. The topological polar surface area (TPSA) is 75.7 Å². The van der Waals surface area contributed by atoms with E-state index in [-0.39, 0.29) is 27.9 Å². The third-order valence-corrected chi connectivity index (χ3v) is 9.59. The third-order valence-electron chi connectivity index (χ3n) is 6.78. The van der Waals surface area contributed by atoms with E-state index in [1.54, 1.807) is 25.1 Å². The number of hydrogen-bond donors (Lipinski definition) is 1. The molecule has 0 fully saturated rings. The van der Waals surface area contributed by atoms with Crippen LogP contribution in [0.15, 0.2) is 70.4 Å². The molecule has 4 rings (SSSR count). The van der Waals surface area contributed by atoms with Gasteiger partial charge in [-0.2, -0.15) is 0 Å². The lowest BCUT2D eigenvalue weighted by Crippen LogP contribution is -2.35. The molecular formula is C28H32Cl2N2O4S. The molecule has 2 aliphatic heterocycles. The molecule has 6 nitrogen and oxygen atoms in total. The summed E-state index contributed by atoms with van der Waals surface area (Å²) in [4.78, 5) is 15.8. The van der Waals surface area contributed by atoms with Crippen LogP contribution in [0.1, 0.15) is 49.7 Å². The van der Waals surface area contributed by atoms with Crippen LogP contribution in [0.3, 0.4) is 0 Å². The lowest BCUT2D eigenvalue weighted by atomic mass is 9.85. The van der Waals surface area contributed by atoms with Gasteiger partial charge in [0.15, 0.2) is 9.84 Å². The van der Waals surface area contributed by atoms with E-state index in [2.05, 4.69) is 10.2 Å². The van der Waals surface area contributed by atoms with Gasteiger partial charge in [-0.05, 0) is 50.4 Å². The van der Waals surface area contributed by atoms with Crippen molar-refractivity contribution in [2.24, 2.45) is 0 Å². The normalized spacial score (nSPS) is 19.6. The summed E-state index contributed by atoms with van der Waals surface area (Å²) >= 11 is 12.9. The SMILES string of the molecule is CC1=C(C(=O)OCCN(C)Cc2ccccc2)C(c2cccc(Cl)c2Cl)C2=C(CCCCCS2(=O)=O)N1. The molecule has 2 aliphatic rings. The second kappa shape index (κ2) is 12.0. The van der Waals surface area contributed by atoms with E-state index in [0.29, 0.717) is 41.4 Å². The highest BCUT2D eigenvalue weighted by Gasteiger charge is 2.42. The van der Waals surface area contributed by atoms with Gasteiger partial charge in [0.25, 0.3) is 0 Å². The first kappa shape index (κ1) is 27.7. The molecule has 0 aromatic heterocycles. The number of nitrogens with zero attached hydrogens (tertiary/aromatic N) is 1. The molecule has 2 aromatic rings. The number of ether oxygens (including phenoxy) is 1. The lowest BCUT2D eigenvalue weighted by molar-refractivity contribution is -0.139. The van der Waals surface area contributed by atoms with E-state index in [1.807, 2.05) is 37.4 Å². The van der Waals surface area contributed by atoms with Gasteiger partial charge in [-0.15, -0.1) is 0 Å². The highest BCUT2D eigenvalue weighted by Crippen LogP contribution is 2.46. The van der Waals surface area contributed by atoms with Crippen LogP contribution >= 0.6 is 23.2 Å². The van der Waals surface area contributed by atoms with Crippen LogP contribution in [0, 0.1) is 0 Å². The second-order valence-electron chi connectivity index (χ2n) is 9.57. The van der Waals surface area contributed by atoms with Crippen molar-refractivity contribution in [3.05, 3.63) is 91.6 Å². The Labute approximate surface area is 229 Å². The maximum absolute atomic E-state index is 13.6. The number of nitrogens with one attached hydrogen (secondary N) is 1. The minimum Gasteiger partial charge on any atom is -0.461 e. The number of dihydropyridines is 1. The highest BCUT2D eigenvalue weighted by molar-refractivity contribution is 7.95. The third kappa shape index (κ3) is 6.40. The second-order valence-corrected chi connectivity index (χ2v) is 12.4.